The van der Waals surface area contributed by atoms with E-state index >= 15 is 0 Å². The molecule has 1 aromatic carbocycles. The molecule has 1 saturated carbocycles. The van der Waals surface area contributed by atoms with E-state index in [0.717, 1.165) is 39.3 Å². The zero-order chi connectivity index (χ0) is 14.4. The van der Waals surface area contributed by atoms with Crippen LogP contribution in [0.25, 0.3) is 21.9 Å². The molecule has 2 heterocycles. The zero-order valence-corrected chi connectivity index (χ0v) is 13.4. The Morgan fingerprint density at radius 1 is 1.00 bits per heavy atom. The molecule has 0 bridgehead atoms. The molecule has 2 N–H and O–H groups in total. The lowest BCUT2D eigenvalue weighted by molar-refractivity contribution is 0.302. The Hall–Kier alpha value is -1.26. The van der Waals surface area contributed by atoms with Crippen molar-refractivity contribution in [2.45, 2.75) is 37.5 Å². The largest absolute Gasteiger partial charge is 0.464 e. The molecule has 0 aliphatic heterocycles. The molecule has 0 spiro atoms. The zero-order valence-electron chi connectivity index (χ0n) is 11.8. The van der Waals surface area contributed by atoms with Gasteiger partial charge < -0.3 is 14.6 Å². The van der Waals surface area contributed by atoms with Crippen molar-refractivity contribution in [1.82, 2.24) is 0 Å². The van der Waals surface area contributed by atoms with Gasteiger partial charge in [0.05, 0.1) is 17.0 Å². The van der Waals surface area contributed by atoms with Crippen LogP contribution in [-0.2, 0) is 5.41 Å². The van der Waals surface area contributed by atoms with Gasteiger partial charge in [0.25, 0.3) is 0 Å². The number of halogens is 1. The minimum Gasteiger partial charge on any atom is -0.464 e. The van der Waals surface area contributed by atoms with E-state index in [1.54, 1.807) is 12.5 Å². The highest BCUT2D eigenvalue weighted by molar-refractivity contribution is 9.10. The standard InChI is InChI=1S/C17H18BrNO2/c18-14-12-5-9-20-15(12)13(11-4-8-21-16(11)14)17(10-19)6-2-1-3-7-17/h4-5,8-9H,1-3,6-7,10,19H2. The minimum absolute atomic E-state index is 0.0111. The Bertz CT molecular complexity index is 744. The molecule has 0 atom stereocenters. The number of benzene rings is 1. The number of nitrogens with two attached hydrogens (primary N) is 1. The van der Waals surface area contributed by atoms with E-state index in [0.29, 0.717) is 6.54 Å². The first-order valence-electron chi connectivity index (χ1n) is 7.53. The van der Waals surface area contributed by atoms with Gasteiger partial charge in [-0.15, -0.1) is 0 Å². The van der Waals surface area contributed by atoms with E-state index in [4.69, 9.17) is 14.6 Å². The van der Waals surface area contributed by atoms with Crippen LogP contribution in [0.5, 0.6) is 0 Å². The van der Waals surface area contributed by atoms with Crippen LogP contribution in [0.15, 0.2) is 38.0 Å². The van der Waals surface area contributed by atoms with Crippen molar-refractivity contribution in [3.05, 3.63) is 34.7 Å². The first kappa shape index (κ1) is 13.4. The number of furan rings is 2. The molecule has 4 rings (SSSR count). The fraction of sp³-hybridized carbons (Fsp3) is 0.412. The highest BCUT2D eigenvalue weighted by Crippen LogP contribution is 2.47. The van der Waals surface area contributed by atoms with Gasteiger partial charge in [0.1, 0.15) is 11.2 Å². The maximum Gasteiger partial charge on any atom is 0.149 e. The second-order valence-corrected chi connectivity index (χ2v) is 6.85. The smallest absolute Gasteiger partial charge is 0.149 e. The molecule has 0 unspecified atom stereocenters. The number of hydrogen-bond acceptors (Lipinski definition) is 3. The lowest BCUT2D eigenvalue weighted by atomic mass is 9.68. The van der Waals surface area contributed by atoms with E-state index in [2.05, 4.69) is 15.9 Å². The molecule has 0 saturated heterocycles. The summed E-state index contributed by atoms with van der Waals surface area (Å²) in [6.45, 7) is 0.657. The molecule has 0 radical (unpaired) electrons. The van der Waals surface area contributed by atoms with Gasteiger partial charge in [0.2, 0.25) is 0 Å². The molecule has 1 aliphatic carbocycles. The van der Waals surface area contributed by atoms with Crippen LogP contribution in [0.3, 0.4) is 0 Å². The number of hydrogen-bond donors (Lipinski definition) is 1. The Morgan fingerprint density at radius 3 is 2.38 bits per heavy atom. The van der Waals surface area contributed by atoms with Gasteiger partial charge in [-0.2, -0.15) is 0 Å². The third kappa shape index (κ3) is 1.82. The second kappa shape index (κ2) is 4.89. The Labute approximate surface area is 131 Å². The summed E-state index contributed by atoms with van der Waals surface area (Å²) in [6, 6.07) is 4.04. The van der Waals surface area contributed by atoms with Crippen LogP contribution >= 0.6 is 15.9 Å². The molecule has 3 nitrogen and oxygen atoms in total. The van der Waals surface area contributed by atoms with Gasteiger partial charge in [0, 0.05) is 28.3 Å². The van der Waals surface area contributed by atoms with E-state index < -0.39 is 0 Å². The number of rotatable bonds is 2. The van der Waals surface area contributed by atoms with E-state index in [-0.39, 0.29) is 5.41 Å². The minimum atomic E-state index is 0.0111. The molecule has 110 valence electrons. The van der Waals surface area contributed by atoms with Crippen molar-refractivity contribution >= 4 is 37.9 Å². The molecule has 21 heavy (non-hydrogen) atoms. The third-order valence-electron chi connectivity index (χ3n) is 4.99. The van der Waals surface area contributed by atoms with Crippen LogP contribution in [0.4, 0.5) is 0 Å². The number of fused-ring (bicyclic) bond motifs is 2. The third-order valence-corrected chi connectivity index (χ3v) is 5.78. The van der Waals surface area contributed by atoms with Crippen molar-refractivity contribution in [3.63, 3.8) is 0 Å². The lowest BCUT2D eigenvalue weighted by Crippen LogP contribution is -2.37. The van der Waals surface area contributed by atoms with Gasteiger partial charge in [0.15, 0.2) is 0 Å². The lowest BCUT2D eigenvalue weighted by Gasteiger charge is -2.37. The van der Waals surface area contributed by atoms with Gasteiger partial charge >= 0.3 is 0 Å². The van der Waals surface area contributed by atoms with E-state index in [9.17, 15) is 0 Å². The van der Waals surface area contributed by atoms with Gasteiger partial charge in [-0.1, -0.05) is 19.3 Å². The summed E-state index contributed by atoms with van der Waals surface area (Å²) in [5.74, 6) is 0. The SMILES string of the molecule is NCC1(c2c3ccoc3c(Br)c3ccoc23)CCCCC1. The highest BCUT2D eigenvalue weighted by Gasteiger charge is 2.37. The maximum atomic E-state index is 6.24. The van der Waals surface area contributed by atoms with Crippen LogP contribution in [0.2, 0.25) is 0 Å². The Morgan fingerprint density at radius 2 is 1.67 bits per heavy atom. The highest BCUT2D eigenvalue weighted by atomic mass is 79.9. The summed E-state index contributed by atoms with van der Waals surface area (Å²) in [6.07, 6.45) is 9.52. The molecule has 0 amide bonds. The average Bonchev–Trinajstić information content (AvgIpc) is 3.17. The van der Waals surface area contributed by atoms with E-state index in [1.165, 1.54) is 24.8 Å². The first-order chi connectivity index (χ1) is 10.3. The average molecular weight is 348 g/mol. The molecule has 1 aliphatic rings. The fourth-order valence-electron chi connectivity index (χ4n) is 3.91. The summed E-state index contributed by atoms with van der Waals surface area (Å²) in [4.78, 5) is 0. The normalized spacial score (nSPS) is 18.6. The van der Waals surface area contributed by atoms with Crippen molar-refractivity contribution < 1.29 is 8.83 Å². The van der Waals surface area contributed by atoms with E-state index in [1.807, 2.05) is 12.1 Å². The van der Waals surface area contributed by atoms with Crippen LogP contribution in [-0.4, -0.2) is 6.54 Å². The van der Waals surface area contributed by atoms with Crippen molar-refractivity contribution in [2.75, 3.05) is 6.54 Å². The fourth-order valence-corrected chi connectivity index (χ4v) is 4.53. The molecule has 1 fully saturated rings. The summed E-state index contributed by atoms with van der Waals surface area (Å²) in [5.41, 5.74) is 9.36. The maximum absolute atomic E-state index is 6.24. The molecular formula is C17H18BrNO2. The molecule has 4 heteroatoms. The van der Waals surface area contributed by atoms with Crippen LogP contribution < -0.4 is 5.73 Å². The monoisotopic (exact) mass is 347 g/mol. The molecule has 3 aromatic rings. The molecular weight excluding hydrogens is 330 g/mol. The van der Waals surface area contributed by atoms with Gasteiger partial charge in [-0.25, -0.2) is 0 Å². The van der Waals surface area contributed by atoms with Gasteiger partial charge in [-0.3, -0.25) is 0 Å². The summed E-state index contributed by atoms with van der Waals surface area (Å²) in [5, 5.41) is 2.21. The van der Waals surface area contributed by atoms with Crippen molar-refractivity contribution in [3.8, 4) is 0 Å². The van der Waals surface area contributed by atoms with Gasteiger partial charge in [-0.05, 0) is 40.9 Å². The van der Waals surface area contributed by atoms with Crippen molar-refractivity contribution in [1.29, 1.82) is 0 Å². The summed E-state index contributed by atoms with van der Waals surface area (Å²) < 4.78 is 12.5. The first-order valence-corrected chi connectivity index (χ1v) is 8.32. The van der Waals surface area contributed by atoms with Crippen LogP contribution in [0, 0.1) is 0 Å². The predicted octanol–water partition coefficient (Wildman–Crippen LogP) is 5.10. The Balaban J connectivity index is 2.11. The molecule has 2 aromatic heterocycles. The topological polar surface area (TPSA) is 52.3 Å². The predicted molar refractivity (Wildman–Crippen MR) is 87.5 cm³/mol. The second-order valence-electron chi connectivity index (χ2n) is 6.06. The summed E-state index contributed by atoms with van der Waals surface area (Å²) in [7, 11) is 0. The van der Waals surface area contributed by atoms with Crippen molar-refractivity contribution in [2.24, 2.45) is 5.73 Å². The Kier molecular flexibility index (Phi) is 3.12. The quantitative estimate of drug-likeness (QED) is 0.701. The summed E-state index contributed by atoms with van der Waals surface area (Å²) >= 11 is 3.65. The van der Waals surface area contributed by atoms with Crippen LogP contribution in [0.1, 0.15) is 37.7 Å².